The first kappa shape index (κ1) is 24.8. The Kier molecular flexibility index (Phi) is 9.64. The second-order valence-electron chi connectivity index (χ2n) is 9.42. The lowest BCUT2D eigenvalue weighted by Gasteiger charge is -2.37. The van der Waals surface area contributed by atoms with Crippen molar-refractivity contribution in [1.29, 1.82) is 5.26 Å². The van der Waals surface area contributed by atoms with Crippen LogP contribution in [0.25, 0.3) is 0 Å². The third-order valence-electron chi connectivity index (χ3n) is 7.51. The van der Waals surface area contributed by atoms with Crippen LogP contribution in [0.15, 0.2) is 54.6 Å². The molecule has 1 fully saturated rings. The van der Waals surface area contributed by atoms with Crippen LogP contribution in [0.5, 0.6) is 0 Å². The van der Waals surface area contributed by atoms with Crippen molar-refractivity contribution in [2.24, 2.45) is 5.92 Å². The minimum atomic E-state index is -0.473. The molecule has 2 aromatic rings. The average Bonchev–Trinajstić information content (AvgIpc) is 3.37. The van der Waals surface area contributed by atoms with E-state index in [0.717, 1.165) is 68.6 Å². The lowest BCUT2D eigenvalue weighted by atomic mass is 9.67. The summed E-state index contributed by atoms with van der Waals surface area (Å²) in [5.74, 6) is 0.411. The summed E-state index contributed by atoms with van der Waals surface area (Å²) in [5.41, 5.74) is 1.98. The number of hydrogen-bond acceptors (Lipinski definition) is 2. The molecule has 2 nitrogen and oxygen atoms in total. The number of benzene rings is 2. The number of nitriles is 1. The SMILES string of the molecule is CCCN(CCc1ccccc1)C(CC)CCC(C#N)(c1ccccc1Cl)C1CCCC1. The molecule has 172 valence electrons. The Hall–Kier alpha value is -1.82. The van der Waals surface area contributed by atoms with E-state index in [-0.39, 0.29) is 0 Å². The predicted octanol–water partition coefficient (Wildman–Crippen LogP) is 7.81. The summed E-state index contributed by atoms with van der Waals surface area (Å²) >= 11 is 6.68. The number of nitrogens with zero attached hydrogens (tertiary/aromatic N) is 2. The second kappa shape index (κ2) is 12.4. The van der Waals surface area contributed by atoms with Gasteiger partial charge in [0, 0.05) is 17.6 Å². The van der Waals surface area contributed by atoms with Crippen LogP contribution in [-0.4, -0.2) is 24.0 Å². The molecule has 2 unspecified atom stereocenters. The molecule has 0 amide bonds. The van der Waals surface area contributed by atoms with Gasteiger partial charge in [0.2, 0.25) is 0 Å². The topological polar surface area (TPSA) is 27.0 Å². The molecule has 2 atom stereocenters. The fourth-order valence-corrected chi connectivity index (χ4v) is 6.03. The lowest BCUT2D eigenvalue weighted by molar-refractivity contribution is 0.167. The third kappa shape index (κ3) is 5.94. The molecule has 0 bridgehead atoms. The van der Waals surface area contributed by atoms with E-state index in [1.54, 1.807) is 0 Å². The minimum Gasteiger partial charge on any atom is -0.300 e. The van der Waals surface area contributed by atoms with Crippen molar-refractivity contribution in [1.82, 2.24) is 4.90 Å². The molecule has 3 rings (SSSR count). The van der Waals surface area contributed by atoms with Crippen LogP contribution in [-0.2, 0) is 11.8 Å². The number of hydrogen-bond donors (Lipinski definition) is 0. The first-order valence-electron chi connectivity index (χ1n) is 12.6. The van der Waals surface area contributed by atoms with Crippen molar-refractivity contribution in [2.45, 2.75) is 83.1 Å². The summed E-state index contributed by atoms with van der Waals surface area (Å²) in [6, 6.07) is 22.2. The van der Waals surface area contributed by atoms with Crippen LogP contribution in [0.2, 0.25) is 5.02 Å². The first-order chi connectivity index (χ1) is 15.6. The van der Waals surface area contributed by atoms with Gasteiger partial charge in [-0.2, -0.15) is 5.26 Å². The van der Waals surface area contributed by atoms with Crippen LogP contribution >= 0.6 is 11.6 Å². The van der Waals surface area contributed by atoms with Gasteiger partial charge < -0.3 is 4.90 Å². The van der Waals surface area contributed by atoms with E-state index in [0.29, 0.717) is 12.0 Å². The molecular weight excluding hydrogens is 412 g/mol. The van der Waals surface area contributed by atoms with Gasteiger partial charge in [-0.25, -0.2) is 0 Å². The van der Waals surface area contributed by atoms with E-state index >= 15 is 0 Å². The van der Waals surface area contributed by atoms with E-state index in [1.165, 1.54) is 18.4 Å². The van der Waals surface area contributed by atoms with Crippen molar-refractivity contribution >= 4 is 11.6 Å². The highest BCUT2D eigenvalue weighted by atomic mass is 35.5. The van der Waals surface area contributed by atoms with Crippen LogP contribution in [0.3, 0.4) is 0 Å². The largest absolute Gasteiger partial charge is 0.300 e. The normalized spacial score (nSPS) is 17.2. The van der Waals surface area contributed by atoms with Gasteiger partial charge in [-0.15, -0.1) is 0 Å². The summed E-state index contributed by atoms with van der Waals surface area (Å²) in [6.07, 6.45) is 10.0. The molecular formula is C29H39ClN2. The maximum absolute atomic E-state index is 10.6. The van der Waals surface area contributed by atoms with Crippen molar-refractivity contribution in [2.75, 3.05) is 13.1 Å². The predicted molar refractivity (Wildman–Crippen MR) is 136 cm³/mol. The molecule has 0 aromatic heterocycles. The Balaban J connectivity index is 1.78. The fourth-order valence-electron chi connectivity index (χ4n) is 5.73. The highest BCUT2D eigenvalue weighted by molar-refractivity contribution is 6.31. The Morgan fingerprint density at radius 3 is 2.34 bits per heavy atom. The summed E-state index contributed by atoms with van der Waals surface area (Å²) in [7, 11) is 0. The molecule has 1 saturated carbocycles. The van der Waals surface area contributed by atoms with Gasteiger partial charge in [0.1, 0.15) is 0 Å². The second-order valence-corrected chi connectivity index (χ2v) is 9.82. The summed E-state index contributed by atoms with van der Waals surface area (Å²) in [6.45, 7) is 6.75. The molecule has 2 aromatic carbocycles. The molecule has 0 aliphatic heterocycles. The minimum absolute atomic E-state index is 0.411. The standard InChI is InChI=1S/C29H39ClN2/c1-3-21-32(22-19-24-12-6-5-7-13-24)26(4-2)18-20-29(23-31,25-14-8-9-15-25)27-16-10-11-17-28(27)30/h5-7,10-13,16-17,25-26H,3-4,8-9,14-15,18-22H2,1-2H3. The Morgan fingerprint density at radius 1 is 1.03 bits per heavy atom. The highest BCUT2D eigenvalue weighted by Gasteiger charge is 2.43. The summed E-state index contributed by atoms with van der Waals surface area (Å²) in [5, 5.41) is 11.3. The zero-order valence-electron chi connectivity index (χ0n) is 19.9. The van der Waals surface area contributed by atoms with Crippen LogP contribution in [0.4, 0.5) is 0 Å². The number of rotatable bonds is 12. The lowest BCUT2D eigenvalue weighted by Crippen LogP contribution is -2.40. The Morgan fingerprint density at radius 2 is 1.72 bits per heavy atom. The monoisotopic (exact) mass is 450 g/mol. The van der Waals surface area contributed by atoms with Crippen molar-refractivity contribution in [3.63, 3.8) is 0 Å². The number of halogens is 1. The molecule has 3 heteroatoms. The van der Waals surface area contributed by atoms with Crippen molar-refractivity contribution in [3.8, 4) is 6.07 Å². The zero-order chi connectivity index (χ0) is 22.8. The van der Waals surface area contributed by atoms with E-state index in [4.69, 9.17) is 11.6 Å². The Bertz CT molecular complexity index is 853. The van der Waals surface area contributed by atoms with Gasteiger partial charge >= 0.3 is 0 Å². The Labute approximate surface area is 200 Å². The maximum atomic E-state index is 10.6. The molecule has 0 saturated heterocycles. The van der Waals surface area contributed by atoms with E-state index in [1.807, 2.05) is 18.2 Å². The molecule has 0 N–H and O–H groups in total. The van der Waals surface area contributed by atoms with E-state index < -0.39 is 5.41 Å². The smallest absolute Gasteiger partial charge is 0.0865 e. The van der Waals surface area contributed by atoms with Crippen molar-refractivity contribution < 1.29 is 0 Å². The molecule has 0 heterocycles. The quantitative estimate of drug-likeness (QED) is 0.329. The zero-order valence-corrected chi connectivity index (χ0v) is 20.7. The first-order valence-corrected chi connectivity index (χ1v) is 13.0. The van der Waals surface area contributed by atoms with Gasteiger partial charge in [-0.1, -0.05) is 86.8 Å². The van der Waals surface area contributed by atoms with Gasteiger partial charge in [0.15, 0.2) is 0 Å². The maximum Gasteiger partial charge on any atom is 0.0865 e. The highest BCUT2D eigenvalue weighted by Crippen LogP contribution is 2.47. The van der Waals surface area contributed by atoms with Gasteiger partial charge in [-0.05, 0) is 74.6 Å². The van der Waals surface area contributed by atoms with Crippen LogP contribution in [0, 0.1) is 17.2 Å². The van der Waals surface area contributed by atoms with Crippen molar-refractivity contribution in [3.05, 3.63) is 70.7 Å². The molecule has 0 radical (unpaired) electrons. The summed E-state index contributed by atoms with van der Waals surface area (Å²) in [4.78, 5) is 2.66. The van der Waals surface area contributed by atoms with Crippen LogP contribution in [0.1, 0.15) is 76.3 Å². The molecule has 32 heavy (non-hydrogen) atoms. The van der Waals surface area contributed by atoms with Gasteiger partial charge in [0.05, 0.1) is 11.5 Å². The molecule has 1 aliphatic carbocycles. The van der Waals surface area contributed by atoms with Crippen LogP contribution < -0.4 is 0 Å². The van der Waals surface area contributed by atoms with E-state index in [2.05, 4.69) is 61.2 Å². The van der Waals surface area contributed by atoms with E-state index in [9.17, 15) is 5.26 Å². The molecule has 1 aliphatic rings. The summed E-state index contributed by atoms with van der Waals surface area (Å²) < 4.78 is 0. The fraction of sp³-hybridized carbons (Fsp3) is 0.552. The van der Waals surface area contributed by atoms with Gasteiger partial charge in [-0.3, -0.25) is 0 Å². The van der Waals surface area contributed by atoms with Gasteiger partial charge in [0.25, 0.3) is 0 Å². The molecule has 0 spiro atoms. The third-order valence-corrected chi connectivity index (χ3v) is 7.84. The average molecular weight is 451 g/mol.